The minimum atomic E-state index is -0.596. The second-order valence-corrected chi connectivity index (χ2v) is 6.45. The van der Waals surface area contributed by atoms with Gasteiger partial charge in [-0.05, 0) is 45.0 Å². The Morgan fingerprint density at radius 2 is 2.00 bits per heavy atom. The van der Waals surface area contributed by atoms with Crippen LogP contribution in [0.15, 0.2) is 42.7 Å². The molecular weight excluding hydrogens is 306 g/mol. The second-order valence-electron chi connectivity index (χ2n) is 6.45. The number of esters is 1. The number of fused-ring (bicyclic) bond motifs is 1. The molecule has 0 fully saturated rings. The molecule has 3 rings (SSSR count). The lowest BCUT2D eigenvalue weighted by molar-refractivity contribution is 0.00672. The number of carbonyl (C=O) groups is 1. The third-order valence-corrected chi connectivity index (χ3v) is 3.23. The van der Waals surface area contributed by atoms with Crippen molar-refractivity contribution in [2.45, 2.75) is 26.4 Å². The van der Waals surface area contributed by atoms with Crippen LogP contribution in [0.1, 0.15) is 31.1 Å². The number of ether oxygens (including phenoxy) is 2. The maximum atomic E-state index is 12.4. The summed E-state index contributed by atoms with van der Waals surface area (Å²) in [7, 11) is 0. The largest absolute Gasteiger partial charge is 0.456 e. The summed E-state index contributed by atoms with van der Waals surface area (Å²) >= 11 is 0. The van der Waals surface area contributed by atoms with E-state index in [0.717, 1.165) is 11.0 Å². The van der Waals surface area contributed by atoms with Crippen molar-refractivity contribution in [2.24, 2.45) is 0 Å². The molecule has 0 saturated carbocycles. The van der Waals surface area contributed by atoms with Crippen LogP contribution in [0, 0.1) is 0 Å². The monoisotopic (exact) mass is 325 g/mol. The highest BCUT2D eigenvalue weighted by Crippen LogP contribution is 2.30. The summed E-state index contributed by atoms with van der Waals surface area (Å²) in [6, 6.07) is 8.56. The predicted octanol–water partition coefficient (Wildman–Crippen LogP) is 3.89. The third-order valence-electron chi connectivity index (χ3n) is 3.23. The summed E-state index contributed by atoms with van der Waals surface area (Å²) in [6.07, 6.45) is 3.38. The summed E-state index contributed by atoms with van der Waals surface area (Å²) in [5.41, 5.74) is 6.81. The van der Waals surface area contributed by atoms with E-state index in [2.05, 4.69) is 9.97 Å². The van der Waals surface area contributed by atoms with Crippen LogP contribution in [0.5, 0.6) is 11.5 Å². The quantitative estimate of drug-likeness (QED) is 0.563. The Bertz CT molecular complexity index is 894. The number of H-pyrrole nitrogens is 1. The number of hydrogen-bond donors (Lipinski definition) is 2. The summed E-state index contributed by atoms with van der Waals surface area (Å²) in [5.74, 6) is 0.381. The summed E-state index contributed by atoms with van der Waals surface area (Å²) in [4.78, 5) is 19.7. The lowest BCUT2D eigenvalue weighted by atomic mass is 10.1. The van der Waals surface area contributed by atoms with Gasteiger partial charge in [-0.2, -0.15) is 0 Å². The van der Waals surface area contributed by atoms with E-state index < -0.39 is 11.6 Å². The molecule has 0 radical (unpaired) electrons. The van der Waals surface area contributed by atoms with Gasteiger partial charge in [-0.1, -0.05) is 0 Å². The fourth-order valence-corrected chi connectivity index (χ4v) is 2.23. The smallest absolute Gasteiger partial charge is 0.342 e. The van der Waals surface area contributed by atoms with Crippen molar-refractivity contribution in [2.75, 3.05) is 5.73 Å². The molecule has 0 unspecified atom stereocenters. The zero-order valence-corrected chi connectivity index (χ0v) is 13.8. The van der Waals surface area contributed by atoms with Gasteiger partial charge in [0.25, 0.3) is 0 Å². The van der Waals surface area contributed by atoms with Crippen molar-refractivity contribution < 1.29 is 14.3 Å². The highest BCUT2D eigenvalue weighted by atomic mass is 16.6. The molecule has 2 heterocycles. The van der Waals surface area contributed by atoms with E-state index >= 15 is 0 Å². The van der Waals surface area contributed by atoms with Gasteiger partial charge in [0.05, 0.1) is 6.20 Å². The molecule has 2 aromatic heterocycles. The van der Waals surface area contributed by atoms with Crippen LogP contribution < -0.4 is 10.5 Å². The van der Waals surface area contributed by atoms with E-state index in [1.807, 2.05) is 32.9 Å². The van der Waals surface area contributed by atoms with Crippen LogP contribution in [0.2, 0.25) is 0 Å². The van der Waals surface area contributed by atoms with E-state index in [4.69, 9.17) is 15.2 Å². The fraction of sp³-hybridized carbons (Fsp3) is 0.222. The molecule has 0 aliphatic carbocycles. The van der Waals surface area contributed by atoms with Gasteiger partial charge in [-0.25, -0.2) is 9.78 Å². The topological polar surface area (TPSA) is 90.2 Å². The average Bonchev–Trinajstić information content (AvgIpc) is 2.93. The van der Waals surface area contributed by atoms with E-state index in [-0.39, 0.29) is 0 Å². The standard InChI is InChI=1S/C18H19N3O3/c1-18(2,3)24-17(22)14-5-4-12(19)9-15(14)23-13-8-11-6-7-20-16(11)21-10-13/h4-10H,19H2,1-3H3,(H,20,21). The SMILES string of the molecule is CC(C)(C)OC(=O)c1ccc(N)cc1Oc1cnc2[nH]ccc2c1. The minimum Gasteiger partial charge on any atom is -0.456 e. The number of rotatable bonds is 3. The van der Waals surface area contributed by atoms with E-state index in [1.54, 1.807) is 30.6 Å². The molecule has 0 spiro atoms. The Labute approximate surface area is 139 Å². The van der Waals surface area contributed by atoms with Gasteiger partial charge >= 0.3 is 5.97 Å². The van der Waals surface area contributed by atoms with Crippen molar-refractivity contribution in [1.29, 1.82) is 0 Å². The molecule has 0 atom stereocenters. The number of pyridine rings is 1. The number of hydrogen-bond acceptors (Lipinski definition) is 5. The van der Waals surface area contributed by atoms with Crippen LogP contribution in [-0.2, 0) is 4.74 Å². The number of aromatic nitrogens is 2. The van der Waals surface area contributed by atoms with Crippen LogP contribution in [0.4, 0.5) is 5.69 Å². The van der Waals surface area contributed by atoms with Crippen LogP contribution in [0.3, 0.4) is 0 Å². The number of nitrogen functional groups attached to an aromatic ring is 1. The molecule has 0 aliphatic heterocycles. The van der Waals surface area contributed by atoms with Crippen molar-refractivity contribution >= 4 is 22.7 Å². The van der Waals surface area contributed by atoms with Crippen molar-refractivity contribution in [1.82, 2.24) is 9.97 Å². The number of nitrogens with two attached hydrogens (primary N) is 1. The minimum absolute atomic E-state index is 0.313. The Kier molecular flexibility index (Phi) is 3.89. The lowest BCUT2D eigenvalue weighted by Gasteiger charge is -2.20. The van der Waals surface area contributed by atoms with Crippen molar-refractivity contribution in [3.63, 3.8) is 0 Å². The van der Waals surface area contributed by atoms with Gasteiger partial charge in [0.2, 0.25) is 0 Å². The Morgan fingerprint density at radius 3 is 2.75 bits per heavy atom. The van der Waals surface area contributed by atoms with Crippen LogP contribution >= 0.6 is 0 Å². The van der Waals surface area contributed by atoms with Gasteiger partial charge in [-0.15, -0.1) is 0 Å². The molecule has 3 aromatic rings. The molecule has 0 bridgehead atoms. The van der Waals surface area contributed by atoms with Gasteiger partial charge in [0.1, 0.15) is 28.3 Å². The molecule has 0 saturated heterocycles. The van der Waals surface area contributed by atoms with Crippen molar-refractivity contribution in [3.05, 3.63) is 48.3 Å². The van der Waals surface area contributed by atoms with Crippen LogP contribution in [-0.4, -0.2) is 21.5 Å². The summed E-state index contributed by atoms with van der Waals surface area (Å²) < 4.78 is 11.3. The maximum absolute atomic E-state index is 12.4. The number of carbonyl (C=O) groups excluding carboxylic acids is 1. The number of aromatic amines is 1. The van der Waals surface area contributed by atoms with Gasteiger partial charge < -0.3 is 20.2 Å². The molecule has 24 heavy (non-hydrogen) atoms. The van der Waals surface area contributed by atoms with Gasteiger partial charge in [-0.3, -0.25) is 0 Å². The number of anilines is 1. The molecule has 6 nitrogen and oxygen atoms in total. The third kappa shape index (κ3) is 3.48. The molecule has 3 N–H and O–H groups in total. The highest BCUT2D eigenvalue weighted by Gasteiger charge is 2.21. The number of nitrogens with zero attached hydrogens (tertiary/aromatic N) is 1. The fourth-order valence-electron chi connectivity index (χ4n) is 2.23. The zero-order chi connectivity index (χ0) is 17.3. The average molecular weight is 325 g/mol. The van der Waals surface area contributed by atoms with Gasteiger partial charge in [0.15, 0.2) is 0 Å². The highest BCUT2D eigenvalue weighted by molar-refractivity contribution is 5.93. The lowest BCUT2D eigenvalue weighted by Crippen LogP contribution is -2.24. The zero-order valence-electron chi connectivity index (χ0n) is 13.8. The molecular formula is C18H19N3O3. The summed E-state index contributed by atoms with van der Waals surface area (Å²) in [5, 5.41) is 0.912. The molecule has 1 aromatic carbocycles. The first kappa shape index (κ1) is 15.9. The van der Waals surface area contributed by atoms with Crippen molar-refractivity contribution in [3.8, 4) is 11.5 Å². The Hall–Kier alpha value is -3.02. The summed E-state index contributed by atoms with van der Waals surface area (Å²) in [6.45, 7) is 5.44. The first-order valence-corrected chi connectivity index (χ1v) is 7.56. The number of nitrogens with one attached hydrogen (secondary N) is 1. The van der Waals surface area contributed by atoms with E-state index in [9.17, 15) is 4.79 Å². The molecule has 124 valence electrons. The Morgan fingerprint density at radius 1 is 1.21 bits per heavy atom. The first-order valence-electron chi connectivity index (χ1n) is 7.56. The second kappa shape index (κ2) is 5.88. The van der Waals surface area contributed by atoms with Gasteiger partial charge in [0, 0.05) is 23.3 Å². The first-order chi connectivity index (χ1) is 11.3. The maximum Gasteiger partial charge on any atom is 0.342 e. The van der Waals surface area contributed by atoms with Crippen LogP contribution in [0.25, 0.3) is 11.0 Å². The predicted molar refractivity (Wildman–Crippen MR) is 92.2 cm³/mol. The number of benzene rings is 1. The molecule has 0 amide bonds. The molecule has 0 aliphatic rings. The molecule has 6 heteroatoms. The van der Waals surface area contributed by atoms with E-state index in [1.165, 1.54) is 0 Å². The van der Waals surface area contributed by atoms with E-state index in [0.29, 0.717) is 22.7 Å². The normalized spacial score (nSPS) is 11.5. The Balaban J connectivity index is 1.94.